The van der Waals surface area contributed by atoms with E-state index in [4.69, 9.17) is 4.74 Å². The molecule has 0 saturated heterocycles. The highest BCUT2D eigenvalue weighted by Gasteiger charge is 2.15. The number of nitrogens with one attached hydrogen (secondary N) is 2. The molecule has 0 saturated carbocycles. The summed E-state index contributed by atoms with van der Waals surface area (Å²) in [6.07, 6.45) is 1.47. The lowest BCUT2D eigenvalue weighted by atomic mass is 10.5. The van der Waals surface area contributed by atoms with Gasteiger partial charge in [-0.05, 0) is 37.9 Å². The molecule has 0 aromatic carbocycles. The quantitative estimate of drug-likeness (QED) is 0.560. The lowest BCUT2D eigenvalue weighted by Crippen LogP contribution is -2.41. The molecular weight excluding hydrogens is 416 g/mol. The molecule has 6 nitrogen and oxygen atoms in total. The van der Waals surface area contributed by atoms with Gasteiger partial charge in [0.15, 0.2) is 6.61 Å². The van der Waals surface area contributed by atoms with Gasteiger partial charge in [0.25, 0.3) is 5.91 Å². The first-order valence-electron chi connectivity index (χ1n) is 5.24. The average molecular weight is 426 g/mol. The number of hydrogen-bond donors (Lipinski definition) is 2. The molecule has 0 aliphatic rings. The summed E-state index contributed by atoms with van der Waals surface area (Å²) in [5.41, 5.74) is 0. The molecule has 0 fully saturated rings. The summed E-state index contributed by atoms with van der Waals surface area (Å²) in [5, 5.41) is 4.36. The van der Waals surface area contributed by atoms with Crippen LogP contribution in [0, 0.1) is 0 Å². The third-order valence-electron chi connectivity index (χ3n) is 1.84. The number of rotatable bonds is 5. The Hall–Kier alpha value is -1.19. The largest absolute Gasteiger partial charge is 0.451 e. The molecule has 0 spiro atoms. The molecule has 108 valence electrons. The van der Waals surface area contributed by atoms with E-state index in [-0.39, 0.29) is 6.54 Å². The fourth-order valence-electron chi connectivity index (χ4n) is 1.02. The maximum absolute atomic E-state index is 11.6. The monoisotopic (exact) mass is 424 g/mol. The first-order chi connectivity index (χ1) is 9.43. The summed E-state index contributed by atoms with van der Waals surface area (Å²) >= 11 is 7.65. The van der Waals surface area contributed by atoms with Crippen LogP contribution in [0.4, 0.5) is 4.79 Å². The number of urea groups is 1. The number of hydrogen-bond acceptors (Lipinski definition) is 5. The lowest BCUT2D eigenvalue weighted by molar-refractivity contribution is -0.123. The molecule has 0 aliphatic heterocycles. The van der Waals surface area contributed by atoms with Gasteiger partial charge in [-0.15, -0.1) is 17.9 Å². The van der Waals surface area contributed by atoms with Crippen LogP contribution in [0.3, 0.4) is 0 Å². The highest BCUT2D eigenvalue weighted by atomic mass is 79.9. The van der Waals surface area contributed by atoms with Crippen molar-refractivity contribution in [2.24, 2.45) is 0 Å². The summed E-state index contributed by atoms with van der Waals surface area (Å²) in [6, 6.07) is 0.902. The maximum atomic E-state index is 11.6. The first-order valence-corrected chi connectivity index (χ1v) is 7.64. The van der Waals surface area contributed by atoms with E-state index in [1.165, 1.54) is 17.4 Å². The summed E-state index contributed by atoms with van der Waals surface area (Å²) in [7, 11) is 0. The average Bonchev–Trinajstić information content (AvgIpc) is 2.73. The van der Waals surface area contributed by atoms with Crippen LogP contribution in [0.2, 0.25) is 0 Å². The second kappa shape index (κ2) is 8.18. The number of thiophene rings is 1. The Morgan fingerprint density at radius 1 is 1.40 bits per heavy atom. The van der Waals surface area contributed by atoms with E-state index >= 15 is 0 Å². The van der Waals surface area contributed by atoms with Gasteiger partial charge in [0, 0.05) is 11.0 Å². The summed E-state index contributed by atoms with van der Waals surface area (Å²) in [5.74, 6) is -1.35. The Bertz CT molecular complexity index is 525. The molecule has 0 aliphatic carbocycles. The van der Waals surface area contributed by atoms with Crippen LogP contribution < -0.4 is 10.6 Å². The van der Waals surface area contributed by atoms with Crippen molar-refractivity contribution in [1.29, 1.82) is 0 Å². The van der Waals surface area contributed by atoms with Crippen molar-refractivity contribution in [3.05, 3.63) is 31.9 Å². The van der Waals surface area contributed by atoms with Gasteiger partial charge in [-0.2, -0.15) is 0 Å². The van der Waals surface area contributed by atoms with Gasteiger partial charge in [-0.1, -0.05) is 6.08 Å². The standard InChI is InChI=1S/C11H10Br2N2O4S/c1-2-3-14-11(18)15-8(16)5-19-10(17)7-4-6(12)9(13)20-7/h2,4H,1,3,5H2,(H2,14,15,16,18). The zero-order valence-corrected chi connectivity index (χ0v) is 14.1. The molecule has 20 heavy (non-hydrogen) atoms. The number of imide groups is 1. The van der Waals surface area contributed by atoms with Crippen LogP contribution in [0.1, 0.15) is 9.67 Å². The number of carbonyl (C=O) groups is 3. The van der Waals surface area contributed by atoms with Crippen molar-refractivity contribution < 1.29 is 19.1 Å². The number of esters is 1. The van der Waals surface area contributed by atoms with Gasteiger partial charge in [0.1, 0.15) is 4.88 Å². The summed E-state index contributed by atoms with van der Waals surface area (Å²) < 4.78 is 6.25. The smallest absolute Gasteiger partial charge is 0.348 e. The van der Waals surface area contributed by atoms with Crippen molar-refractivity contribution in [3.63, 3.8) is 0 Å². The van der Waals surface area contributed by atoms with Gasteiger partial charge in [0.05, 0.1) is 3.79 Å². The van der Waals surface area contributed by atoms with Crippen molar-refractivity contribution in [2.75, 3.05) is 13.2 Å². The van der Waals surface area contributed by atoms with Crippen LogP contribution in [-0.2, 0) is 9.53 Å². The molecule has 1 rings (SSSR count). The molecule has 1 aromatic rings. The van der Waals surface area contributed by atoms with Crippen molar-refractivity contribution in [2.45, 2.75) is 0 Å². The van der Waals surface area contributed by atoms with Gasteiger partial charge in [0.2, 0.25) is 0 Å². The molecule has 0 radical (unpaired) electrons. The minimum atomic E-state index is -0.713. The van der Waals surface area contributed by atoms with Crippen LogP contribution in [0.5, 0.6) is 0 Å². The number of amides is 3. The van der Waals surface area contributed by atoms with Gasteiger partial charge in [-0.3, -0.25) is 10.1 Å². The Kier molecular flexibility index (Phi) is 6.89. The highest BCUT2D eigenvalue weighted by molar-refractivity contribution is 9.13. The maximum Gasteiger partial charge on any atom is 0.348 e. The normalized spacial score (nSPS) is 9.70. The fourth-order valence-corrected chi connectivity index (χ4v) is 2.95. The predicted octanol–water partition coefficient (Wildman–Crippen LogP) is 2.44. The van der Waals surface area contributed by atoms with E-state index < -0.39 is 24.5 Å². The zero-order chi connectivity index (χ0) is 15.1. The topological polar surface area (TPSA) is 84.5 Å². The van der Waals surface area contributed by atoms with Crippen LogP contribution in [-0.4, -0.2) is 31.1 Å². The molecule has 0 unspecified atom stereocenters. The third kappa shape index (κ3) is 5.43. The van der Waals surface area contributed by atoms with Crippen LogP contribution >= 0.6 is 43.2 Å². The Morgan fingerprint density at radius 2 is 2.10 bits per heavy atom. The third-order valence-corrected chi connectivity index (χ3v) is 5.08. The molecular formula is C11H10Br2N2O4S. The SMILES string of the molecule is C=CCNC(=O)NC(=O)COC(=O)c1cc(Br)c(Br)s1. The molecule has 3 amide bonds. The fraction of sp³-hybridized carbons (Fsp3) is 0.182. The second-order valence-corrected chi connectivity index (χ2v) is 6.58. The molecule has 9 heteroatoms. The molecule has 0 bridgehead atoms. The minimum absolute atomic E-state index is 0.232. The number of halogens is 2. The molecule has 1 aromatic heterocycles. The zero-order valence-electron chi connectivity index (χ0n) is 10.1. The number of ether oxygens (including phenoxy) is 1. The predicted molar refractivity (Wildman–Crippen MR) is 81.7 cm³/mol. The van der Waals surface area contributed by atoms with Crippen molar-refractivity contribution in [1.82, 2.24) is 10.6 Å². The second-order valence-electron chi connectivity index (χ2n) is 3.36. The Morgan fingerprint density at radius 3 is 2.65 bits per heavy atom. The molecule has 1 heterocycles. The van der Waals surface area contributed by atoms with Gasteiger partial charge < -0.3 is 10.1 Å². The van der Waals surface area contributed by atoms with E-state index in [9.17, 15) is 14.4 Å². The van der Waals surface area contributed by atoms with E-state index in [1.807, 2.05) is 5.32 Å². The Labute approximate surface area is 135 Å². The summed E-state index contributed by atoms with van der Waals surface area (Å²) in [6.45, 7) is 3.11. The minimum Gasteiger partial charge on any atom is -0.451 e. The number of carbonyl (C=O) groups excluding carboxylic acids is 3. The van der Waals surface area contributed by atoms with E-state index in [2.05, 4.69) is 43.8 Å². The Balaban J connectivity index is 2.39. The van der Waals surface area contributed by atoms with Crippen molar-refractivity contribution in [3.8, 4) is 0 Å². The van der Waals surface area contributed by atoms with Gasteiger partial charge >= 0.3 is 12.0 Å². The molecule has 0 atom stereocenters. The first kappa shape index (κ1) is 16.9. The highest BCUT2D eigenvalue weighted by Crippen LogP contribution is 2.32. The molecule has 2 N–H and O–H groups in total. The van der Waals surface area contributed by atoms with Gasteiger partial charge in [-0.25, -0.2) is 9.59 Å². The van der Waals surface area contributed by atoms with Crippen molar-refractivity contribution >= 4 is 61.1 Å². The van der Waals surface area contributed by atoms with E-state index in [0.717, 1.165) is 8.26 Å². The summed E-state index contributed by atoms with van der Waals surface area (Å²) in [4.78, 5) is 34.4. The van der Waals surface area contributed by atoms with Crippen LogP contribution in [0.25, 0.3) is 0 Å². The van der Waals surface area contributed by atoms with Crippen LogP contribution in [0.15, 0.2) is 27.0 Å². The van der Waals surface area contributed by atoms with E-state index in [0.29, 0.717) is 4.88 Å². The lowest BCUT2D eigenvalue weighted by Gasteiger charge is -2.05. The van der Waals surface area contributed by atoms with E-state index in [1.54, 1.807) is 6.07 Å².